The highest BCUT2D eigenvalue weighted by Crippen LogP contribution is 2.47. The van der Waals surface area contributed by atoms with Gasteiger partial charge in [0.05, 0.1) is 0 Å². The predicted molar refractivity (Wildman–Crippen MR) is 150 cm³/mol. The van der Waals surface area contributed by atoms with Gasteiger partial charge >= 0.3 is 93.8 Å². The number of halogens is 18. The van der Waals surface area contributed by atoms with E-state index < -0.39 is 166 Å². The molecule has 0 aliphatic heterocycles. The second kappa shape index (κ2) is 17.9. The SMILES string of the molecule is O=S(=O)(OC(Cc1c(O)c(CC(OS(=O)(=O)C(F)(F)F)OS(=O)(=O)C(F)(F)F)c(O)c(CC(OS(=O)(=O)C(F)(F)F)OS(=O)(=O)C(F)(F)F)c1O)OS(=O)(=O)C(F)(F)F)C(F)(F)F. The third-order valence-electron chi connectivity index (χ3n) is 5.93. The van der Waals surface area contributed by atoms with Gasteiger partial charge < -0.3 is 15.3 Å². The topological polar surface area (TPSA) is 321 Å². The maximum atomic E-state index is 13.1. The minimum absolute atomic E-state index is 2.58. The second-order valence-electron chi connectivity index (χ2n) is 10.4. The maximum absolute atomic E-state index is 13.1. The molecule has 0 heterocycles. The average Bonchev–Trinajstić information content (AvgIpc) is 2.99. The summed E-state index contributed by atoms with van der Waals surface area (Å²) in [5.41, 5.74) is -49.2. The van der Waals surface area contributed by atoms with Crippen molar-refractivity contribution in [1.82, 2.24) is 0 Å². The Kier molecular flexibility index (Phi) is 16.4. The van der Waals surface area contributed by atoms with Crippen LogP contribution in [0.25, 0.3) is 0 Å². The van der Waals surface area contributed by atoms with Gasteiger partial charge in [-0.25, -0.2) is 25.1 Å². The van der Waals surface area contributed by atoms with Crippen molar-refractivity contribution in [2.45, 2.75) is 71.2 Å². The van der Waals surface area contributed by atoms with E-state index in [-0.39, 0.29) is 0 Å². The molecule has 0 saturated heterocycles. The van der Waals surface area contributed by atoms with E-state index in [9.17, 15) is 145 Å². The molecule has 0 unspecified atom stereocenters. The third kappa shape index (κ3) is 13.9. The molecule has 21 nitrogen and oxygen atoms in total. The van der Waals surface area contributed by atoms with Crippen molar-refractivity contribution in [1.29, 1.82) is 0 Å². The fourth-order valence-corrected chi connectivity index (χ4v) is 6.53. The second-order valence-corrected chi connectivity index (χ2v) is 19.7. The molecule has 0 aromatic heterocycles. The minimum Gasteiger partial charge on any atom is -0.507 e. The number of hydrogen-bond acceptors (Lipinski definition) is 21. The number of rotatable bonds is 18. The van der Waals surface area contributed by atoms with Gasteiger partial charge in [0.1, 0.15) is 17.2 Å². The zero-order valence-electron chi connectivity index (χ0n) is 27.8. The Morgan fingerprint density at radius 1 is 0.302 bits per heavy atom. The number of aromatic hydroxyl groups is 3. The van der Waals surface area contributed by atoms with Gasteiger partial charge in [0.15, 0.2) is 18.9 Å². The Morgan fingerprint density at radius 2 is 0.413 bits per heavy atom. The fraction of sp³-hybridized carbons (Fsp3) is 0.667. The Labute approximate surface area is 335 Å². The standard InChI is InChI=1S/C18H12F18O21S6/c19-13(20,21)58(40,41)52-7(53-59(42,43)14(22,23)24)1-4-10(37)5(2-8(54-60(44,45)15(25,26)27)55-61(46,47)16(28,29)30)12(39)6(11(4)38)3-9(56-62(48,49)17(31,32)33)57-63(50,51)18(34,35)36/h7-9,37-39H,1-3H2. The first-order valence-electron chi connectivity index (χ1n) is 13.5. The lowest BCUT2D eigenvalue weighted by molar-refractivity contribution is -0.0862. The fourth-order valence-electron chi connectivity index (χ4n) is 3.39. The summed E-state index contributed by atoms with van der Waals surface area (Å²) in [4.78, 5) is 0. The molecule has 1 aromatic carbocycles. The molecule has 0 aliphatic rings. The van der Waals surface area contributed by atoms with Crippen molar-refractivity contribution in [2.75, 3.05) is 0 Å². The molecule has 0 aliphatic carbocycles. The van der Waals surface area contributed by atoms with Gasteiger partial charge in [-0.2, -0.15) is 130 Å². The normalized spacial score (nSPS) is 15.2. The van der Waals surface area contributed by atoms with E-state index in [2.05, 4.69) is 25.1 Å². The van der Waals surface area contributed by atoms with Crippen LogP contribution in [0, 0.1) is 0 Å². The van der Waals surface area contributed by atoms with E-state index in [1.165, 1.54) is 0 Å². The van der Waals surface area contributed by atoms with Crippen molar-refractivity contribution in [3.05, 3.63) is 16.7 Å². The van der Waals surface area contributed by atoms with Gasteiger partial charge in [-0.1, -0.05) is 0 Å². The Balaban J connectivity index is 4.64. The first kappa shape index (κ1) is 57.8. The summed E-state index contributed by atoms with van der Waals surface area (Å²) in [7, 11) is -45.6. The summed E-state index contributed by atoms with van der Waals surface area (Å²) in [5.74, 6) is -8.35. The molecular weight excluding hydrogens is 1090 g/mol. The molecule has 372 valence electrons. The van der Waals surface area contributed by atoms with E-state index in [1.54, 1.807) is 0 Å². The number of hydrogen-bond donors (Lipinski definition) is 3. The largest absolute Gasteiger partial charge is 0.523 e. The Morgan fingerprint density at radius 3 is 0.508 bits per heavy atom. The lowest BCUT2D eigenvalue weighted by atomic mass is 9.94. The zero-order valence-corrected chi connectivity index (χ0v) is 32.7. The number of benzene rings is 1. The van der Waals surface area contributed by atoms with Crippen LogP contribution in [0.2, 0.25) is 0 Å². The van der Waals surface area contributed by atoms with E-state index in [4.69, 9.17) is 0 Å². The molecule has 0 atom stereocenters. The Hall–Kier alpha value is -3.18. The number of phenols is 3. The molecule has 0 radical (unpaired) electrons. The molecule has 1 rings (SSSR count). The van der Waals surface area contributed by atoms with Crippen LogP contribution in [0.5, 0.6) is 17.2 Å². The van der Waals surface area contributed by atoms with Crippen molar-refractivity contribution in [3.63, 3.8) is 0 Å². The molecule has 63 heavy (non-hydrogen) atoms. The molecule has 3 N–H and O–H groups in total. The summed E-state index contributed by atoms with van der Waals surface area (Å²) in [6, 6.07) is 0. The third-order valence-corrected chi connectivity index (χ3v) is 12.1. The van der Waals surface area contributed by atoms with Crippen LogP contribution in [0.1, 0.15) is 16.7 Å². The van der Waals surface area contributed by atoms with Crippen LogP contribution >= 0.6 is 0 Å². The van der Waals surface area contributed by atoms with Crippen molar-refractivity contribution >= 4 is 60.7 Å². The van der Waals surface area contributed by atoms with Crippen molar-refractivity contribution < 1.29 is 170 Å². The molecule has 45 heteroatoms. The smallest absolute Gasteiger partial charge is 0.507 e. The van der Waals surface area contributed by atoms with E-state index in [0.29, 0.717) is 0 Å². The van der Waals surface area contributed by atoms with Gasteiger partial charge in [-0.05, 0) is 0 Å². The van der Waals surface area contributed by atoms with Crippen molar-refractivity contribution in [3.8, 4) is 17.2 Å². The molecular formula is C18H12F18O21S6. The predicted octanol–water partition coefficient (Wildman–Crippen LogP) is 2.61. The van der Waals surface area contributed by atoms with Crippen LogP contribution in [0.15, 0.2) is 0 Å². The molecule has 0 saturated carbocycles. The van der Waals surface area contributed by atoms with E-state index >= 15 is 0 Å². The van der Waals surface area contributed by atoms with E-state index in [1.807, 2.05) is 0 Å². The van der Waals surface area contributed by atoms with E-state index in [0.717, 1.165) is 0 Å². The lowest BCUT2D eigenvalue weighted by Gasteiger charge is -2.25. The first-order valence-corrected chi connectivity index (χ1v) is 21.9. The average molecular weight is 1100 g/mol. The quantitative estimate of drug-likeness (QED) is 0.0823. The highest BCUT2D eigenvalue weighted by Gasteiger charge is 2.56. The van der Waals surface area contributed by atoms with Crippen LogP contribution in [-0.4, -0.2) is 118 Å². The van der Waals surface area contributed by atoms with Gasteiger partial charge in [0, 0.05) is 36.0 Å². The van der Waals surface area contributed by atoms with Gasteiger partial charge in [0.25, 0.3) is 0 Å². The molecule has 0 fully saturated rings. The monoisotopic (exact) mass is 1100 g/mol. The first-order chi connectivity index (χ1) is 27.3. The molecule has 1 aromatic rings. The zero-order chi connectivity index (χ0) is 50.6. The summed E-state index contributed by atoms with van der Waals surface area (Å²) < 4.78 is 392. The lowest BCUT2D eigenvalue weighted by Crippen LogP contribution is -2.38. The summed E-state index contributed by atoms with van der Waals surface area (Å²) in [6.07, 6.45) is -22.6. The van der Waals surface area contributed by atoms with Gasteiger partial charge in [0.2, 0.25) is 0 Å². The van der Waals surface area contributed by atoms with Crippen LogP contribution < -0.4 is 0 Å². The number of phenolic OH excluding ortho intramolecular Hbond substituents is 3. The summed E-state index contributed by atoms with van der Waals surface area (Å²) in [6.45, 7) is 0. The van der Waals surface area contributed by atoms with Crippen LogP contribution in [-0.2, 0) is 105 Å². The Bertz CT molecular complexity index is 2100. The summed E-state index contributed by atoms with van der Waals surface area (Å²) >= 11 is 0. The van der Waals surface area contributed by atoms with Gasteiger partial charge in [-0.3, -0.25) is 0 Å². The summed E-state index contributed by atoms with van der Waals surface area (Å²) in [5, 5.41) is 31.9. The van der Waals surface area contributed by atoms with Gasteiger partial charge in [-0.15, -0.1) is 0 Å². The van der Waals surface area contributed by atoms with Crippen LogP contribution in [0.3, 0.4) is 0 Å². The molecule has 0 bridgehead atoms. The van der Waals surface area contributed by atoms with Crippen LogP contribution in [0.4, 0.5) is 79.0 Å². The number of alkyl halides is 18. The minimum atomic E-state index is -7.61. The molecule has 0 amide bonds. The molecule has 0 spiro atoms. The maximum Gasteiger partial charge on any atom is 0.523 e. The van der Waals surface area contributed by atoms with Crippen molar-refractivity contribution in [2.24, 2.45) is 0 Å². The highest BCUT2D eigenvalue weighted by molar-refractivity contribution is 7.89. The highest BCUT2D eigenvalue weighted by atomic mass is 32.2.